The highest BCUT2D eigenvalue weighted by atomic mass is 16.5. The van der Waals surface area contributed by atoms with Crippen molar-refractivity contribution in [3.63, 3.8) is 0 Å². The van der Waals surface area contributed by atoms with E-state index in [2.05, 4.69) is 10.2 Å². The number of amides is 1. The largest absolute Gasteiger partial charge is 0.492 e. The average Bonchev–Trinajstić information content (AvgIpc) is 3.21. The van der Waals surface area contributed by atoms with Crippen molar-refractivity contribution in [1.82, 2.24) is 4.98 Å². The van der Waals surface area contributed by atoms with Crippen molar-refractivity contribution in [3.05, 3.63) is 60.2 Å². The molecule has 0 unspecified atom stereocenters. The summed E-state index contributed by atoms with van der Waals surface area (Å²) in [4.78, 5) is 20.1. The van der Waals surface area contributed by atoms with Gasteiger partial charge >= 0.3 is 0 Å². The molecule has 0 bridgehead atoms. The van der Waals surface area contributed by atoms with Crippen molar-refractivity contribution in [2.45, 2.75) is 12.8 Å². The Kier molecular flexibility index (Phi) is 4.44. The van der Waals surface area contributed by atoms with Crippen LogP contribution in [0.5, 0.6) is 5.75 Å². The highest BCUT2D eigenvalue weighted by Crippen LogP contribution is 2.37. The van der Waals surface area contributed by atoms with Crippen LogP contribution in [-0.2, 0) is 0 Å². The van der Waals surface area contributed by atoms with E-state index in [1.165, 1.54) is 0 Å². The van der Waals surface area contributed by atoms with Gasteiger partial charge in [0, 0.05) is 24.2 Å². The number of carbonyl (C=O) groups excluding carboxylic acids is 1. The SMILES string of the molecule is COc1c(N2CCCC2)nc2ccccc2c1C(=O)Nc1ccccc1. The number of benzene rings is 2. The Labute approximate surface area is 152 Å². The summed E-state index contributed by atoms with van der Waals surface area (Å²) in [5.41, 5.74) is 2.08. The van der Waals surface area contributed by atoms with Crippen LogP contribution in [0.3, 0.4) is 0 Å². The molecule has 0 spiro atoms. The number of pyridine rings is 1. The third-order valence-electron chi connectivity index (χ3n) is 4.70. The summed E-state index contributed by atoms with van der Waals surface area (Å²) >= 11 is 0. The third-order valence-corrected chi connectivity index (χ3v) is 4.70. The molecule has 2 heterocycles. The molecular weight excluding hydrogens is 326 g/mol. The van der Waals surface area contributed by atoms with Gasteiger partial charge in [-0.1, -0.05) is 36.4 Å². The van der Waals surface area contributed by atoms with Crippen molar-refractivity contribution in [2.75, 3.05) is 30.4 Å². The second kappa shape index (κ2) is 7.04. The monoisotopic (exact) mass is 347 g/mol. The van der Waals surface area contributed by atoms with Gasteiger partial charge in [0.1, 0.15) is 0 Å². The highest BCUT2D eigenvalue weighted by Gasteiger charge is 2.26. The molecule has 3 aromatic rings. The lowest BCUT2D eigenvalue weighted by atomic mass is 10.1. The van der Waals surface area contributed by atoms with Crippen LogP contribution in [0, 0.1) is 0 Å². The van der Waals surface area contributed by atoms with Crippen LogP contribution < -0.4 is 15.0 Å². The number of aromatic nitrogens is 1. The van der Waals surface area contributed by atoms with Crippen LogP contribution in [0.1, 0.15) is 23.2 Å². The predicted molar refractivity (Wildman–Crippen MR) is 104 cm³/mol. The first-order valence-electron chi connectivity index (χ1n) is 8.86. The summed E-state index contributed by atoms with van der Waals surface area (Å²) in [6.45, 7) is 1.86. The number of anilines is 2. The second-order valence-electron chi connectivity index (χ2n) is 6.38. The van der Waals surface area contributed by atoms with Crippen LogP contribution in [0.4, 0.5) is 11.5 Å². The molecule has 5 nitrogen and oxygen atoms in total. The molecule has 1 saturated heterocycles. The van der Waals surface area contributed by atoms with Crippen molar-refractivity contribution < 1.29 is 9.53 Å². The maximum absolute atomic E-state index is 13.1. The molecule has 26 heavy (non-hydrogen) atoms. The topological polar surface area (TPSA) is 54.5 Å². The van der Waals surface area contributed by atoms with E-state index >= 15 is 0 Å². The summed E-state index contributed by atoms with van der Waals surface area (Å²) in [6.07, 6.45) is 2.26. The number of para-hydroxylation sites is 2. The minimum atomic E-state index is -0.188. The fraction of sp³-hybridized carbons (Fsp3) is 0.238. The minimum Gasteiger partial charge on any atom is -0.492 e. The van der Waals surface area contributed by atoms with Gasteiger partial charge in [-0.15, -0.1) is 0 Å². The number of hydrogen-bond acceptors (Lipinski definition) is 4. The molecule has 0 aliphatic carbocycles. The van der Waals surface area contributed by atoms with E-state index in [1.54, 1.807) is 7.11 Å². The number of rotatable bonds is 4. The zero-order valence-corrected chi connectivity index (χ0v) is 14.7. The Morgan fingerprint density at radius 3 is 2.46 bits per heavy atom. The maximum Gasteiger partial charge on any atom is 0.260 e. The first-order valence-corrected chi connectivity index (χ1v) is 8.86. The van der Waals surface area contributed by atoms with Gasteiger partial charge in [-0.2, -0.15) is 0 Å². The van der Waals surface area contributed by atoms with Gasteiger partial charge in [-0.05, 0) is 31.0 Å². The number of nitrogens with one attached hydrogen (secondary N) is 1. The van der Waals surface area contributed by atoms with Gasteiger partial charge in [0.25, 0.3) is 5.91 Å². The molecule has 1 aliphatic rings. The normalized spacial score (nSPS) is 13.8. The molecule has 5 heteroatoms. The molecule has 0 saturated carbocycles. The van der Waals surface area contributed by atoms with Gasteiger partial charge < -0.3 is 15.0 Å². The molecule has 2 aromatic carbocycles. The lowest BCUT2D eigenvalue weighted by Gasteiger charge is -2.22. The Bertz CT molecular complexity index is 935. The standard InChI is InChI=1S/C21H21N3O2/c1-26-19-18(21(25)22-15-9-3-2-4-10-15)16-11-5-6-12-17(16)23-20(19)24-13-7-8-14-24/h2-6,9-12H,7-8,13-14H2,1H3,(H,22,25). The van der Waals surface area contributed by atoms with Crippen LogP contribution >= 0.6 is 0 Å². The summed E-state index contributed by atoms with van der Waals surface area (Å²) in [7, 11) is 1.60. The molecule has 1 fully saturated rings. The Balaban J connectivity index is 1.86. The van der Waals surface area contributed by atoms with Crippen LogP contribution in [0.15, 0.2) is 54.6 Å². The first-order chi connectivity index (χ1) is 12.8. The quantitative estimate of drug-likeness (QED) is 0.772. The molecule has 1 aliphatic heterocycles. The lowest BCUT2D eigenvalue weighted by Crippen LogP contribution is -2.22. The first kappa shape index (κ1) is 16.4. The van der Waals surface area contributed by atoms with E-state index < -0.39 is 0 Å². The van der Waals surface area contributed by atoms with Crippen molar-refractivity contribution in [2.24, 2.45) is 0 Å². The summed E-state index contributed by atoms with van der Waals surface area (Å²) in [5.74, 6) is 1.10. The molecular formula is C21H21N3O2. The number of nitrogens with zero attached hydrogens (tertiary/aromatic N) is 2. The number of ether oxygens (including phenoxy) is 1. The fourth-order valence-electron chi connectivity index (χ4n) is 3.46. The van der Waals surface area contributed by atoms with Gasteiger partial charge in [0.2, 0.25) is 0 Å². The molecule has 1 amide bonds. The molecule has 4 rings (SSSR count). The van der Waals surface area contributed by atoms with Crippen molar-refractivity contribution >= 4 is 28.3 Å². The zero-order chi connectivity index (χ0) is 17.9. The van der Waals surface area contributed by atoms with E-state index in [0.717, 1.165) is 48.3 Å². The predicted octanol–water partition coefficient (Wildman–Crippen LogP) is 4.10. The Morgan fingerprint density at radius 2 is 1.73 bits per heavy atom. The van der Waals surface area contributed by atoms with Crippen LogP contribution in [0.2, 0.25) is 0 Å². The van der Waals surface area contributed by atoms with E-state index in [-0.39, 0.29) is 5.91 Å². The van der Waals surface area contributed by atoms with E-state index in [4.69, 9.17) is 9.72 Å². The Morgan fingerprint density at radius 1 is 1.04 bits per heavy atom. The molecule has 132 valence electrons. The van der Waals surface area contributed by atoms with E-state index in [0.29, 0.717) is 11.3 Å². The molecule has 1 aromatic heterocycles. The van der Waals surface area contributed by atoms with Crippen molar-refractivity contribution in [3.8, 4) is 5.75 Å². The van der Waals surface area contributed by atoms with Crippen LogP contribution in [0.25, 0.3) is 10.9 Å². The second-order valence-corrected chi connectivity index (χ2v) is 6.38. The number of methoxy groups -OCH3 is 1. The number of carbonyl (C=O) groups is 1. The third kappa shape index (κ3) is 2.96. The van der Waals surface area contributed by atoms with Crippen LogP contribution in [-0.4, -0.2) is 31.1 Å². The minimum absolute atomic E-state index is 0.188. The van der Waals surface area contributed by atoms with Gasteiger partial charge in [0.15, 0.2) is 11.6 Å². The Hall–Kier alpha value is -3.08. The highest BCUT2D eigenvalue weighted by molar-refractivity contribution is 6.15. The van der Waals surface area contributed by atoms with E-state index in [9.17, 15) is 4.79 Å². The average molecular weight is 347 g/mol. The summed E-state index contributed by atoms with van der Waals surface area (Å²) in [5, 5.41) is 3.77. The molecule has 0 atom stereocenters. The molecule has 0 radical (unpaired) electrons. The smallest absolute Gasteiger partial charge is 0.260 e. The van der Waals surface area contributed by atoms with Gasteiger partial charge in [-0.3, -0.25) is 4.79 Å². The molecule has 1 N–H and O–H groups in total. The summed E-state index contributed by atoms with van der Waals surface area (Å²) < 4.78 is 5.69. The zero-order valence-electron chi connectivity index (χ0n) is 14.7. The lowest BCUT2D eigenvalue weighted by molar-refractivity contribution is 0.102. The fourth-order valence-corrected chi connectivity index (χ4v) is 3.46. The van der Waals surface area contributed by atoms with Gasteiger partial charge in [-0.25, -0.2) is 4.98 Å². The number of fused-ring (bicyclic) bond motifs is 1. The number of hydrogen-bond donors (Lipinski definition) is 1. The summed E-state index contributed by atoms with van der Waals surface area (Å²) in [6, 6.07) is 17.2. The van der Waals surface area contributed by atoms with Crippen molar-refractivity contribution in [1.29, 1.82) is 0 Å². The van der Waals surface area contributed by atoms with E-state index in [1.807, 2.05) is 54.6 Å². The van der Waals surface area contributed by atoms with Gasteiger partial charge in [0.05, 0.1) is 18.2 Å². The maximum atomic E-state index is 13.1.